The number of fused-ring (bicyclic) bond motifs is 1. The van der Waals surface area contributed by atoms with E-state index in [2.05, 4.69) is 11.4 Å². The molecule has 128 valence electrons. The van der Waals surface area contributed by atoms with Crippen molar-refractivity contribution in [1.82, 2.24) is 4.90 Å². The van der Waals surface area contributed by atoms with Gasteiger partial charge in [0.15, 0.2) is 0 Å². The van der Waals surface area contributed by atoms with Crippen LogP contribution in [-0.4, -0.2) is 29.0 Å². The van der Waals surface area contributed by atoms with Gasteiger partial charge in [-0.2, -0.15) is 5.26 Å². The Labute approximate surface area is 154 Å². The third-order valence-electron chi connectivity index (χ3n) is 3.98. The molecule has 0 atom stereocenters. The Morgan fingerprint density at radius 2 is 2.12 bits per heavy atom. The van der Waals surface area contributed by atoms with Crippen LogP contribution in [0.15, 0.2) is 35.2 Å². The van der Waals surface area contributed by atoms with Crippen molar-refractivity contribution in [2.24, 2.45) is 0 Å². The highest BCUT2D eigenvalue weighted by molar-refractivity contribution is 8.00. The van der Waals surface area contributed by atoms with Crippen LogP contribution < -0.4 is 5.32 Å². The summed E-state index contributed by atoms with van der Waals surface area (Å²) in [6.07, 6.45) is 0.656. The van der Waals surface area contributed by atoms with Gasteiger partial charge in [-0.3, -0.25) is 9.59 Å². The van der Waals surface area contributed by atoms with E-state index in [-0.39, 0.29) is 17.6 Å². The second kappa shape index (κ2) is 7.72. The lowest BCUT2D eigenvalue weighted by atomic mass is 10.0. The molecule has 1 aromatic heterocycles. The summed E-state index contributed by atoms with van der Waals surface area (Å²) in [4.78, 5) is 27.6. The Kier molecular flexibility index (Phi) is 5.41. The summed E-state index contributed by atoms with van der Waals surface area (Å²) in [5.74, 6) is 0.187. The molecule has 1 N–H and O–H groups in total. The normalized spacial score (nSPS) is 13.0. The van der Waals surface area contributed by atoms with Crippen LogP contribution in [0.4, 0.5) is 5.00 Å². The first kappa shape index (κ1) is 17.5. The monoisotopic (exact) mass is 371 g/mol. The molecule has 0 saturated carbocycles. The molecule has 25 heavy (non-hydrogen) atoms. The lowest BCUT2D eigenvalue weighted by molar-refractivity contribution is -0.129. The predicted molar refractivity (Wildman–Crippen MR) is 99.6 cm³/mol. The first-order chi connectivity index (χ1) is 12.1. The minimum atomic E-state index is -0.132. The number of amides is 2. The highest BCUT2D eigenvalue weighted by atomic mass is 32.2. The third kappa shape index (κ3) is 4.03. The molecule has 3 rings (SSSR count). The zero-order valence-electron chi connectivity index (χ0n) is 13.7. The minimum absolute atomic E-state index is 0.0300. The smallest absolute Gasteiger partial charge is 0.235 e. The van der Waals surface area contributed by atoms with Gasteiger partial charge in [-0.25, -0.2) is 0 Å². The van der Waals surface area contributed by atoms with Gasteiger partial charge in [0.05, 0.1) is 17.9 Å². The molecule has 2 heterocycles. The number of carbonyl (C=O) groups is 2. The number of nitrogens with one attached hydrogen (secondary N) is 1. The first-order valence-electron chi connectivity index (χ1n) is 7.86. The summed E-state index contributed by atoms with van der Waals surface area (Å²) in [5.41, 5.74) is 1.51. The van der Waals surface area contributed by atoms with E-state index in [1.807, 2.05) is 30.3 Å². The molecule has 0 bridgehead atoms. The van der Waals surface area contributed by atoms with E-state index in [0.29, 0.717) is 30.1 Å². The van der Waals surface area contributed by atoms with Gasteiger partial charge in [0, 0.05) is 23.2 Å². The summed E-state index contributed by atoms with van der Waals surface area (Å²) in [6, 6.07) is 11.9. The van der Waals surface area contributed by atoms with Gasteiger partial charge in [0.2, 0.25) is 11.8 Å². The molecule has 0 fully saturated rings. The van der Waals surface area contributed by atoms with E-state index < -0.39 is 0 Å². The van der Waals surface area contributed by atoms with Crippen molar-refractivity contribution >= 4 is 39.9 Å². The van der Waals surface area contributed by atoms with Crippen molar-refractivity contribution in [1.29, 1.82) is 5.26 Å². The fraction of sp³-hybridized carbons (Fsp3) is 0.278. The van der Waals surface area contributed by atoms with Gasteiger partial charge < -0.3 is 10.2 Å². The molecule has 2 aromatic rings. The van der Waals surface area contributed by atoms with Crippen molar-refractivity contribution < 1.29 is 9.59 Å². The number of thiophene rings is 1. The fourth-order valence-electron chi connectivity index (χ4n) is 2.71. The van der Waals surface area contributed by atoms with Crippen molar-refractivity contribution in [2.45, 2.75) is 24.8 Å². The second-order valence-electron chi connectivity index (χ2n) is 5.66. The van der Waals surface area contributed by atoms with Crippen LogP contribution in [0.3, 0.4) is 0 Å². The van der Waals surface area contributed by atoms with Crippen molar-refractivity contribution in [3.05, 3.63) is 46.3 Å². The molecule has 1 aromatic carbocycles. The molecule has 0 radical (unpaired) electrons. The lowest BCUT2D eigenvalue weighted by Gasteiger charge is -2.25. The second-order valence-corrected chi connectivity index (χ2v) is 7.81. The largest absolute Gasteiger partial charge is 0.337 e. The molecule has 7 heteroatoms. The van der Waals surface area contributed by atoms with E-state index in [9.17, 15) is 14.9 Å². The van der Waals surface area contributed by atoms with Crippen molar-refractivity contribution in [3.8, 4) is 6.07 Å². The number of anilines is 1. The van der Waals surface area contributed by atoms with Crippen LogP contribution in [0.2, 0.25) is 0 Å². The first-order valence-corrected chi connectivity index (χ1v) is 9.66. The molecule has 2 amide bonds. The number of rotatable bonds is 4. The molecule has 0 spiro atoms. The summed E-state index contributed by atoms with van der Waals surface area (Å²) < 4.78 is 0. The number of nitrogens with zero attached hydrogens (tertiary/aromatic N) is 2. The number of nitriles is 1. The molecule has 5 nitrogen and oxygen atoms in total. The summed E-state index contributed by atoms with van der Waals surface area (Å²) >= 11 is 2.86. The van der Waals surface area contributed by atoms with Crippen LogP contribution in [0.1, 0.15) is 22.9 Å². The predicted octanol–water partition coefficient (Wildman–Crippen LogP) is 3.26. The molecular formula is C18H17N3O2S2. The average molecular weight is 371 g/mol. The van der Waals surface area contributed by atoms with Gasteiger partial charge in [0.1, 0.15) is 11.1 Å². The minimum Gasteiger partial charge on any atom is -0.337 e. The van der Waals surface area contributed by atoms with Crippen molar-refractivity contribution in [3.63, 3.8) is 0 Å². The maximum absolute atomic E-state index is 12.2. The Morgan fingerprint density at radius 1 is 1.36 bits per heavy atom. The van der Waals surface area contributed by atoms with Gasteiger partial charge in [-0.1, -0.05) is 18.2 Å². The quantitative estimate of drug-likeness (QED) is 0.837. The van der Waals surface area contributed by atoms with Gasteiger partial charge in [0.25, 0.3) is 0 Å². The maximum atomic E-state index is 12.2. The number of hydrogen-bond donors (Lipinski definition) is 1. The van der Waals surface area contributed by atoms with Crippen LogP contribution in [0, 0.1) is 11.3 Å². The van der Waals surface area contributed by atoms with Gasteiger partial charge in [-0.15, -0.1) is 23.1 Å². The van der Waals surface area contributed by atoms with E-state index in [4.69, 9.17) is 0 Å². The topological polar surface area (TPSA) is 73.2 Å². The Bertz CT molecular complexity index is 840. The van der Waals surface area contributed by atoms with Gasteiger partial charge >= 0.3 is 0 Å². The SMILES string of the molecule is CC(=O)N1CCc2c(sc(NC(=O)CSc3ccccc3)c2C#N)C1. The van der Waals surface area contributed by atoms with E-state index >= 15 is 0 Å². The molecule has 0 aliphatic carbocycles. The number of thioether (sulfide) groups is 1. The standard InChI is InChI=1S/C18H17N3O2S2/c1-12(22)21-8-7-14-15(9-19)18(25-16(14)10-21)20-17(23)11-24-13-5-3-2-4-6-13/h2-6H,7-8,10-11H2,1H3,(H,20,23). The number of carbonyl (C=O) groups excluding carboxylic acids is 2. The summed E-state index contributed by atoms with van der Waals surface area (Å²) in [5, 5.41) is 12.9. The maximum Gasteiger partial charge on any atom is 0.235 e. The van der Waals surface area contributed by atoms with Crippen LogP contribution in [-0.2, 0) is 22.6 Å². The van der Waals surface area contributed by atoms with Crippen LogP contribution in [0.5, 0.6) is 0 Å². The zero-order valence-corrected chi connectivity index (χ0v) is 15.4. The highest BCUT2D eigenvalue weighted by Gasteiger charge is 2.26. The summed E-state index contributed by atoms with van der Waals surface area (Å²) in [7, 11) is 0. The van der Waals surface area contributed by atoms with E-state index in [1.54, 1.807) is 11.8 Å². The molecular weight excluding hydrogens is 354 g/mol. The number of benzene rings is 1. The Hall–Kier alpha value is -2.30. The average Bonchev–Trinajstić information content (AvgIpc) is 2.96. The van der Waals surface area contributed by atoms with Crippen molar-refractivity contribution in [2.75, 3.05) is 17.6 Å². The summed E-state index contributed by atoms with van der Waals surface area (Å²) in [6.45, 7) is 2.68. The molecule has 1 aliphatic heterocycles. The molecule has 1 aliphatic rings. The molecule has 0 saturated heterocycles. The highest BCUT2D eigenvalue weighted by Crippen LogP contribution is 2.36. The Morgan fingerprint density at radius 3 is 2.80 bits per heavy atom. The lowest BCUT2D eigenvalue weighted by Crippen LogP contribution is -2.33. The van der Waals surface area contributed by atoms with Crippen LogP contribution >= 0.6 is 23.1 Å². The number of hydrogen-bond acceptors (Lipinski definition) is 5. The van der Waals surface area contributed by atoms with Crippen LogP contribution in [0.25, 0.3) is 0 Å². The fourth-order valence-corrected chi connectivity index (χ4v) is 4.66. The van der Waals surface area contributed by atoms with E-state index in [1.165, 1.54) is 23.1 Å². The third-order valence-corrected chi connectivity index (χ3v) is 6.12. The van der Waals surface area contributed by atoms with E-state index in [0.717, 1.165) is 15.3 Å². The molecule has 0 unspecified atom stereocenters. The Balaban J connectivity index is 1.69. The van der Waals surface area contributed by atoms with Gasteiger partial charge in [-0.05, 0) is 24.1 Å². The zero-order chi connectivity index (χ0) is 17.8.